The van der Waals surface area contributed by atoms with Gasteiger partial charge in [-0.2, -0.15) is 0 Å². The van der Waals surface area contributed by atoms with Gasteiger partial charge in [-0.15, -0.1) is 0 Å². The molecule has 0 spiro atoms. The Balaban J connectivity index is 1.65. The topological polar surface area (TPSA) is 86.8 Å². The number of imide groups is 1. The molecule has 0 saturated carbocycles. The van der Waals surface area contributed by atoms with Crippen molar-refractivity contribution in [3.05, 3.63) is 71.6 Å². The Kier molecular flexibility index (Phi) is 4.99. The Morgan fingerprint density at radius 3 is 2.00 bits per heavy atom. The fourth-order valence-electron chi connectivity index (χ4n) is 2.99. The normalized spacial score (nSPS) is 21.2. The standard InChI is InChI=1S/C20H13N3O4S2/c24-16-14(17(25)22(19(28)21-16)12-7-3-1-4-8-12)11-15-18(26)23(20(27)29-15)13-9-5-2-6-10-13/h1-11,14H,(H,21,24,28)/b15-11-/t14-/m1/s1. The fourth-order valence-corrected chi connectivity index (χ4v) is 4.14. The number of nitrogens with one attached hydrogen (secondary N) is 1. The first-order chi connectivity index (χ1) is 14.0. The smallest absolute Gasteiger partial charge is 0.298 e. The van der Waals surface area contributed by atoms with Crippen molar-refractivity contribution in [1.82, 2.24) is 5.32 Å². The number of carbonyl (C=O) groups is 4. The molecule has 0 unspecified atom stereocenters. The van der Waals surface area contributed by atoms with Crippen LogP contribution >= 0.6 is 24.0 Å². The number of hydrogen-bond donors (Lipinski definition) is 1. The van der Waals surface area contributed by atoms with Crippen molar-refractivity contribution in [1.29, 1.82) is 0 Å². The molecule has 2 aliphatic heterocycles. The van der Waals surface area contributed by atoms with E-state index in [1.54, 1.807) is 60.7 Å². The van der Waals surface area contributed by atoms with Crippen LogP contribution in [0.2, 0.25) is 0 Å². The predicted octanol–water partition coefficient (Wildman–Crippen LogP) is 2.83. The van der Waals surface area contributed by atoms with Crippen molar-refractivity contribution in [2.75, 3.05) is 9.80 Å². The minimum absolute atomic E-state index is 0.0215. The first-order valence-electron chi connectivity index (χ1n) is 8.54. The van der Waals surface area contributed by atoms with Gasteiger partial charge in [-0.05, 0) is 54.3 Å². The third-order valence-corrected chi connectivity index (χ3v) is 5.52. The van der Waals surface area contributed by atoms with Crippen LogP contribution in [0.3, 0.4) is 0 Å². The van der Waals surface area contributed by atoms with Crippen molar-refractivity contribution in [3.63, 3.8) is 0 Å². The molecule has 0 aliphatic carbocycles. The molecule has 2 aromatic rings. The molecule has 2 heterocycles. The largest absolute Gasteiger partial charge is 0.301 e. The van der Waals surface area contributed by atoms with E-state index in [1.165, 1.54) is 11.0 Å². The predicted molar refractivity (Wildman–Crippen MR) is 113 cm³/mol. The van der Waals surface area contributed by atoms with Gasteiger partial charge in [-0.3, -0.25) is 24.1 Å². The molecule has 2 saturated heterocycles. The van der Waals surface area contributed by atoms with Gasteiger partial charge in [0.1, 0.15) is 5.92 Å². The van der Waals surface area contributed by atoms with E-state index in [4.69, 9.17) is 12.2 Å². The summed E-state index contributed by atoms with van der Waals surface area (Å²) in [6.45, 7) is 0. The number of para-hydroxylation sites is 2. The van der Waals surface area contributed by atoms with E-state index in [1.807, 2.05) is 0 Å². The second-order valence-electron chi connectivity index (χ2n) is 6.16. The summed E-state index contributed by atoms with van der Waals surface area (Å²) in [5.41, 5.74) is 0.920. The molecule has 1 N–H and O–H groups in total. The van der Waals surface area contributed by atoms with E-state index in [2.05, 4.69) is 5.32 Å². The third kappa shape index (κ3) is 3.45. The molecule has 9 heteroatoms. The highest BCUT2D eigenvalue weighted by atomic mass is 32.2. The lowest BCUT2D eigenvalue weighted by molar-refractivity contribution is -0.131. The molecule has 2 aromatic carbocycles. The summed E-state index contributed by atoms with van der Waals surface area (Å²) in [4.78, 5) is 52.7. The Bertz CT molecular complexity index is 1070. The number of anilines is 2. The van der Waals surface area contributed by atoms with E-state index >= 15 is 0 Å². The SMILES string of the molecule is O=C1NC(=S)N(c2ccccc2)C(=O)[C@@H]1/C=C1\SC(=O)N(c2ccccc2)C1=O. The van der Waals surface area contributed by atoms with Crippen LogP contribution in [0.1, 0.15) is 0 Å². The van der Waals surface area contributed by atoms with Crippen molar-refractivity contribution in [2.45, 2.75) is 0 Å². The Hall–Kier alpha value is -3.30. The van der Waals surface area contributed by atoms with Crippen LogP contribution in [-0.2, 0) is 14.4 Å². The Labute approximate surface area is 175 Å². The lowest BCUT2D eigenvalue weighted by Gasteiger charge is -2.31. The number of thiocarbonyl (C=S) groups is 1. The molecule has 7 nitrogen and oxygen atoms in total. The molecular weight excluding hydrogens is 410 g/mol. The summed E-state index contributed by atoms with van der Waals surface area (Å²) in [7, 11) is 0. The highest BCUT2D eigenvalue weighted by Gasteiger charge is 2.42. The highest BCUT2D eigenvalue weighted by Crippen LogP contribution is 2.35. The zero-order chi connectivity index (χ0) is 20.5. The van der Waals surface area contributed by atoms with Gasteiger partial charge >= 0.3 is 0 Å². The molecular formula is C20H13N3O4S2. The Morgan fingerprint density at radius 2 is 1.41 bits per heavy atom. The summed E-state index contributed by atoms with van der Waals surface area (Å²) in [6, 6.07) is 17.1. The van der Waals surface area contributed by atoms with E-state index in [0.29, 0.717) is 23.1 Å². The van der Waals surface area contributed by atoms with Gasteiger partial charge in [0.2, 0.25) is 11.8 Å². The number of nitrogens with zero attached hydrogens (tertiary/aromatic N) is 2. The maximum absolute atomic E-state index is 13.0. The molecule has 0 bridgehead atoms. The Morgan fingerprint density at radius 1 is 0.862 bits per heavy atom. The number of rotatable bonds is 3. The van der Waals surface area contributed by atoms with Gasteiger partial charge in [0.15, 0.2) is 5.11 Å². The van der Waals surface area contributed by atoms with Crippen LogP contribution < -0.4 is 15.1 Å². The van der Waals surface area contributed by atoms with Gasteiger partial charge in [-0.1, -0.05) is 36.4 Å². The number of carbonyl (C=O) groups excluding carboxylic acids is 4. The second kappa shape index (κ2) is 7.61. The average Bonchev–Trinajstić information content (AvgIpc) is 2.99. The molecule has 0 radical (unpaired) electrons. The van der Waals surface area contributed by atoms with Crippen molar-refractivity contribution in [3.8, 4) is 0 Å². The molecule has 4 rings (SSSR count). The molecule has 4 amide bonds. The number of hydrogen-bond acceptors (Lipinski definition) is 6. The minimum Gasteiger partial charge on any atom is -0.301 e. The van der Waals surface area contributed by atoms with Crippen LogP contribution in [-0.4, -0.2) is 28.1 Å². The number of thioether (sulfide) groups is 1. The van der Waals surface area contributed by atoms with Gasteiger partial charge in [0.05, 0.1) is 16.3 Å². The molecule has 0 aromatic heterocycles. The first kappa shape index (κ1) is 19.0. The maximum Gasteiger partial charge on any atom is 0.298 e. The molecule has 29 heavy (non-hydrogen) atoms. The summed E-state index contributed by atoms with van der Waals surface area (Å²) in [5.74, 6) is -3.08. The molecule has 1 atom stereocenters. The monoisotopic (exact) mass is 423 g/mol. The summed E-state index contributed by atoms with van der Waals surface area (Å²) in [5, 5.41) is 1.96. The van der Waals surface area contributed by atoms with Crippen LogP contribution in [0.25, 0.3) is 0 Å². The lowest BCUT2D eigenvalue weighted by Crippen LogP contribution is -2.57. The number of benzene rings is 2. The highest BCUT2D eigenvalue weighted by molar-refractivity contribution is 8.18. The third-order valence-electron chi connectivity index (χ3n) is 4.34. The fraction of sp³-hybridized carbons (Fsp3) is 0.0500. The van der Waals surface area contributed by atoms with Gasteiger partial charge in [-0.25, -0.2) is 4.90 Å². The zero-order valence-corrected chi connectivity index (χ0v) is 16.4. The van der Waals surface area contributed by atoms with Crippen molar-refractivity contribution in [2.24, 2.45) is 5.92 Å². The van der Waals surface area contributed by atoms with E-state index in [9.17, 15) is 19.2 Å². The van der Waals surface area contributed by atoms with Crippen molar-refractivity contribution >= 4 is 63.4 Å². The molecule has 144 valence electrons. The summed E-state index contributed by atoms with van der Waals surface area (Å²) >= 11 is 5.83. The lowest BCUT2D eigenvalue weighted by atomic mass is 10.0. The minimum atomic E-state index is -1.28. The van der Waals surface area contributed by atoms with E-state index in [-0.39, 0.29) is 10.0 Å². The molecule has 2 fully saturated rings. The van der Waals surface area contributed by atoms with Crippen molar-refractivity contribution < 1.29 is 19.2 Å². The summed E-state index contributed by atoms with van der Waals surface area (Å²) < 4.78 is 0. The van der Waals surface area contributed by atoms with Gasteiger partial charge in [0.25, 0.3) is 11.1 Å². The van der Waals surface area contributed by atoms with E-state index < -0.39 is 28.9 Å². The first-order valence-corrected chi connectivity index (χ1v) is 9.77. The maximum atomic E-state index is 13.0. The quantitative estimate of drug-likeness (QED) is 0.464. The van der Waals surface area contributed by atoms with Crippen LogP contribution in [0.15, 0.2) is 71.6 Å². The average molecular weight is 423 g/mol. The van der Waals surface area contributed by atoms with Gasteiger partial charge < -0.3 is 5.32 Å². The van der Waals surface area contributed by atoms with Gasteiger partial charge in [0, 0.05) is 0 Å². The zero-order valence-electron chi connectivity index (χ0n) is 14.8. The van der Waals surface area contributed by atoms with Crippen LogP contribution in [0.4, 0.5) is 16.2 Å². The number of amides is 4. The van der Waals surface area contributed by atoms with Crippen LogP contribution in [0, 0.1) is 5.92 Å². The second-order valence-corrected chi connectivity index (χ2v) is 7.54. The van der Waals surface area contributed by atoms with Crippen LogP contribution in [0.5, 0.6) is 0 Å². The van der Waals surface area contributed by atoms with E-state index in [0.717, 1.165) is 4.90 Å². The summed E-state index contributed by atoms with van der Waals surface area (Å²) in [6.07, 6.45) is 1.23. The molecule has 2 aliphatic rings.